The second-order valence-electron chi connectivity index (χ2n) is 7.98. The maximum absolute atomic E-state index is 14.1. The second-order valence-corrected chi connectivity index (χ2v) is 7.98. The zero-order chi connectivity index (χ0) is 27.5. The van der Waals surface area contributed by atoms with Gasteiger partial charge in [0.2, 0.25) is 0 Å². The molecule has 2 aromatic carbocycles. The van der Waals surface area contributed by atoms with Crippen molar-refractivity contribution in [3.05, 3.63) is 83.9 Å². The summed E-state index contributed by atoms with van der Waals surface area (Å²) in [5.74, 6) is -3.76. The van der Waals surface area contributed by atoms with Gasteiger partial charge < -0.3 is 18.9 Å². The highest BCUT2D eigenvalue weighted by Crippen LogP contribution is 2.45. The molecule has 4 atom stereocenters. The van der Waals surface area contributed by atoms with Crippen LogP contribution in [0.5, 0.6) is 0 Å². The van der Waals surface area contributed by atoms with E-state index < -0.39 is 58.8 Å². The number of carbonyl (C=O) groups excluding carboxylic acids is 2. The first-order valence-electron chi connectivity index (χ1n) is 10.8. The largest absolute Gasteiger partial charge is 0.455 e. The van der Waals surface area contributed by atoms with E-state index in [1.54, 1.807) is 0 Å². The Hall–Kier alpha value is -3.38. The molecule has 2 aromatic rings. The summed E-state index contributed by atoms with van der Waals surface area (Å²) in [5, 5.41) is 0. The predicted octanol–water partition coefficient (Wildman–Crippen LogP) is 4.98. The van der Waals surface area contributed by atoms with E-state index in [0.717, 1.165) is 30.3 Å². The summed E-state index contributed by atoms with van der Waals surface area (Å²) in [6.45, 7) is 0. The van der Waals surface area contributed by atoms with Crippen molar-refractivity contribution >= 4 is 11.9 Å². The second kappa shape index (κ2) is 10.5. The van der Waals surface area contributed by atoms with E-state index in [0.29, 0.717) is 14.2 Å². The topological polar surface area (TPSA) is 71.1 Å². The Bertz CT molecular complexity index is 1120. The van der Waals surface area contributed by atoms with E-state index in [-0.39, 0.29) is 6.42 Å². The molecule has 200 valence electrons. The number of benzene rings is 2. The Balaban J connectivity index is 1.90. The highest BCUT2D eigenvalue weighted by molar-refractivity contribution is 5.84. The van der Waals surface area contributed by atoms with Crippen molar-refractivity contribution in [2.75, 3.05) is 14.2 Å². The molecule has 0 N–H and O–H groups in total. The van der Waals surface area contributed by atoms with Crippen LogP contribution in [-0.2, 0) is 39.7 Å². The minimum atomic E-state index is -5.27. The van der Waals surface area contributed by atoms with Crippen molar-refractivity contribution in [1.82, 2.24) is 0 Å². The normalized spacial score (nSPS) is 21.1. The molecule has 37 heavy (non-hydrogen) atoms. The monoisotopic (exact) mass is 532 g/mol. The molecule has 0 heterocycles. The van der Waals surface area contributed by atoms with Crippen molar-refractivity contribution in [3.63, 3.8) is 0 Å². The Morgan fingerprint density at radius 3 is 1.49 bits per heavy atom. The van der Waals surface area contributed by atoms with Crippen molar-refractivity contribution in [3.8, 4) is 0 Å². The molecule has 0 spiro atoms. The number of ether oxygens (including phenoxy) is 4. The van der Waals surface area contributed by atoms with Gasteiger partial charge >= 0.3 is 24.3 Å². The van der Waals surface area contributed by atoms with Gasteiger partial charge in [-0.25, -0.2) is 9.59 Å². The fraction of sp³-hybridized carbons (Fsp3) is 0.360. The summed E-state index contributed by atoms with van der Waals surface area (Å²) < 4.78 is 104. The van der Waals surface area contributed by atoms with Crippen LogP contribution in [0.25, 0.3) is 0 Å². The Labute approximate surface area is 207 Å². The van der Waals surface area contributed by atoms with Gasteiger partial charge in [0, 0.05) is 31.8 Å². The van der Waals surface area contributed by atoms with Crippen molar-refractivity contribution in [2.24, 2.45) is 0 Å². The third-order valence-electron chi connectivity index (χ3n) is 5.91. The van der Waals surface area contributed by atoms with Crippen LogP contribution in [-0.4, -0.2) is 50.7 Å². The van der Waals surface area contributed by atoms with Crippen LogP contribution in [0.15, 0.2) is 72.8 Å². The van der Waals surface area contributed by atoms with E-state index >= 15 is 0 Å². The first kappa shape index (κ1) is 28.2. The van der Waals surface area contributed by atoms with Crippen molar-refractivity contribution < 1.29 is 54.9 Å². The van der Waals surface area contributed by atoms with Crippen molar-refractivity contribution in [1.29, 1.82) is 0 Å². The molecule has 0 aromatic heterocycles. The SMILES string of the molecule is COC(C(=O)O[C@H]1C=CC[C@H]1OC(=O)C(OC)(c1ccccc1)C(F)(F)F)(c1ccccc1)C(F)(F)F. The van der Waals surface area contributed by atoms with E-state index in [4.69, 9.17) is 9.47 Å². The standard InChI is InChI=1S/C25H22F6O6/c1-34-22(24(26,27)28,16-10-5-3-6-11-16)20(32)36-18-14-9-15-19(18)37-21(33)23(35-2,25(29,30)31)17-12-7-4-8-13-17/h3-14,18-19H,15H2,1-2H3/t18-,19+,22?,23?/m0/s1. The lowest BCUT2D eigenvalue weighted by molar-refractivity contribution is -0.284. The Kier molecular flexibility index (Phi) is 8.03. The minimum absolute atomic E-state index is 0.229. The van der Waals surface area contributed by atoms with Gasteiger partial charge in [-0.15, -0.1) is 0 Å². The van der Waals surface area contributed by atoms with Crippen LogP contribution in [0, 0.1) is 0 Å². The van der Waals surface area contributed by atoms with Gasteiger partial charge in [0.1, 0.15) is 6.10 Å². The molecule has 1 aliphatic carbocycles. The molecule has 12 heteroatoms. The summed E-state index contributed by atoms with van der Waals surface area (Å²) in [4.78, 5) is 25.8. The number of alkyl halides is 6. The van der Waals surface area contributed by atoms with Gasteiger partial charge in [0.25, 0.3) is 11.2 Å². The molecule has 0 bridgehead atoms. The Morgan fingerprint density at radius 1 is 0.703 bits per heavy atom. The molecule has 0 radical (unpaired) electrons. The number of carbonyl (C=O) groups is 2. The van der Waals surface area contributed by atoms with Gasteiger partial charge in [0.05, 0.1) is 0 Å². The molecule has 0 aliphatic heterocycles. The fourth-order valence-electron chi connectivity index (χ4n) is 4.04. The van der Waals surface area contributed by atoms with Crippen LogP contribution in [0.4, 0.5) is 26.3 Å². The van der Waals surface area contributed by atoms with Crippen LogP contribution in [0.3, 0.4) is 0 Å². The molecular weight excluding hydrogens is 510 g/mol. The maximum atomic E-state index is 14.1. The summed E-state index contributed by atoms with van der Waals surface area (Å²) >= 11 is 0. The first-order chi connectivity index (χ1) is 17.3. The third kappa shape index (κ3) is 4.95. The van der Waals surface area contributed by atoms with E-state index in [9.17, 15) is 35.9 Å². The summed E-state index contributed by atoms with van der Waals surface area (Å²) in [6.07, 6.45) is -11.6. The molecule has 0 saturated carbocycles. The first-order valence-corrected chi connectivity index (χ1v) is 10.8. The molecule has 0 fully saturated rings. The van der Waals surface area contributed by atoms with E-state index in [1.165, 1.54) is 42.5 Å². The summed E-state index contributed by atoms with van der Waals surface area (Å²) in [6, 6.07) is 11.9. The lowest BCUT2D eigenvalue weighted by Crippen LogP contribution is -2.54. The van der Waals surface area contributed by atoms with Crippen LogP contribution in [0.2, 0.25) is 0 Å². The average Bonchev–Trinajstić information content (AvgIpc) is 3.26. The Morgan fingerprint density at radius 2 is 1.11 bits per heavy atom. The zero-order valence-electron chi connectivity index (χ0n) is 19.5. The number of hydrogen-bond donors (Lipinski definition) is 0. The van der Waals surface area contributed by atoms with E-state index in [2.05, 4.69) is 9.47 Å². The van der Waals surface area contributed by atoms with Gasteiger partial charge in [-0.2, -0.15) is 26.3 Å². The molecule has 1 aliphatic rings. The highest BCUT2D eigenvalue weighted by atomic mass is 19.4. The molecule has 0 amide bonds. The molecule has 6 nitrogen and oxygen atoms in total. The lowest BCUT2D eigenvalue weighted by Gasteiger charge is -2.35. The summed E-state index contributed by atoms with van der Waals surface area (Å²) in [7, 11) is 1.34. The van der Waals surface area contributed by atoms with Crippen LogP contribution in [0.1, 0.15) is 17.5 Å². The number of hydrogen-bond acceptors (Lipinski definition) is 6. The predicted molar refractivity (Wildman–Crippen MR) is 116 cm³/mol. The number of halogens is 6. The average molecular weight is 532 g/mol. The molecular formula is C25H22F6O6. The molecule has 0 saturated heterocycles. The van der Waals surface area contributed by atoms with Gasteiger partial charge in [-0.05, 0) is 6.08 Å². The lowest BCUT2D eigenvalue weighted by atomic mass is 9.92. The highest BCUT2D eigenvalue weighted by Gasteiger charge is 2.66. The molecule has 3 rings (SSSR count). The third-order valence-corrected chi connectivity index (χ3v) is 5.91. The number of rotatable bonds is 8. The molecule has 2 unspecified atom stereocenters. The van der Waals surface area contributed by atoms with E-state index in [1.807, 2.05) is 0 Å². The quantitative estimate of drug-likeness (QED) is 0.272. The van der Waals surface area contributed by atoms with Crippen LogP contribution >= 0.6 is 0 Å². The van der Waals surface area contributed by atoms with Crippen molar-refractivity contribution in [2.45, 2.75) is 42.2 Å². The van der Waals surface area contributed by atoms with Gasteiger partial charge in [-0.3, -0.25) is 0 Å². The summed E-state index contributed by atoms with van der Waals surface area (Å²) in [5.41, 5.74) is -8.22. The minimum Gasteiger partial charge on any atom is -0.455 e. The number of esters is 2. The smallest absolute Gasteiger partial charge is 0.432 e. The van der Waals surface area contributed by atoms with Gasteiger partial charge in [-0.1, -0.05) is 66.7 Å². The van der Waals surface area contributed by atoms with Gasteiger partial charge in [0.15, 0.2) is 6.10 Å². The van der Waals surface area contributed by atoms with Crippen LogP contribution < -0.4 is 0 Å². The zero-order valence-corrected chi connectivity index (χ0v) is 19.5. The fourth-order valence-corrected chi connectivity index (χ4v) is 4.04. The maximum Gasteiger partial charge on any atom is 0.432 e. The number of methoxy groups -OCH3 is 2.